The molecule has 1 atom stereocenters. The molecule has 0 saturated carbocycles. The fourth-order valence-electron chi connectivity index (χ4n) is 0.940. The molecule has 1 heterocycles. The third kappa shape index (κ3) is 1.99. The molecule has 1 rings (SSSR count). The standard InChI is InChI=1S/C7H14N2S/c1-2-6-5-10-7(9-6)3-4-8/h6H,2-5,8H2,1H3. The number of rotatable bonds is 3. The van der Waals surface area contributed by atoms with Crippen molar-refractivity contribution in [3.8, 4) is 0 Å². The molecule has 2 nitrogen and oxygen atoms in total. The van der Waals surface area contributed by atoms with Crippen molar-refractivity contribution in [3.63, 3.8) is 0 Å². The summed E-state index contributed by atoms with van der Waals surface area (Å²) in [6.45, 7) is 2.92. The number of nitrogens with zero attached hydrogens (tertiary/aromatic N) is 1. The summed E-state index contributed by atoms with van der Waals surface area (Å²) in [7, 11) is 0. The van der Waals surface area contributed by atoms with Crippen LogP contribution in [0.3, 0.4) is 0 Å². The van der Waals surface area contributed by atoms with Gasteiger partial charge in [0.1, 0.15) is 0 Å². The molecule has 0 aromatic heterocycles. The summed E-state index contributed by atoms with van der Waals surface area (Å²) >= 11 is 1.87. The van der Waals surface area contributed by atoms with Gasteiger partial charge in [-0.2, -0.15) is 0 Å². The van der Waals surface area contributed by atoms with Gasteiger partial charge in [-0.1, -0.05) is 6.92 Å². The highest BCUT2D eigenvalue weighted by molar-refractivity contribution is 8.14. The van der Waals surface area contributed by atoms with E-state index in [0.29, 0.717) is 6.04 Å². The van der Waals surface area contributed by atoms with E-state index in [1.54, 1.807) is 0 Å². The van der Waals surface area contributed by atoms with Crippen LogP contribution in [-0.2, 0) is 0 Å². The summed E-state index contributed by atoms with van der Waals surface area (Å²) in [6.07, 6.45) is 2.14. The van der Waals surface area contributed by atoms with Gasteiger partial charge in [-0.05, 0) is 13.0 Å². The topological polar surface area (TPSA) is 38.4 Å². The highest BCUT2D eigenvalue weighted by Crippen LogP contribution is 2.21. The van der Waals surface area contributed by atoms with Crippen molar-refractivity contribution in [2.75, 3.05) is 12.3 Å². The molecule has 0 spiro atoms. The molecule has 2 N–H and O–H groups in total. The molecular weight excluding hydrogens is 144 g/mol. The van der Waals surface area contributed by atoms with Crippen LogP contribution in [0.1, 0.15) is 19.8 Å². The van der Waals surface area contributed by atoms with Crippen LogP contribution < -0.4 is 5.73 Å². The molecule has 1 aliphatic rings. The van der Waals surface area contributed by atoms with E-state index in [0.717, 1.165) is 13.0 Å². The zero-order chi connectivity index (χ0) is 7.40. The Kier molecular flexibility index (Phi) is 3.22. The van der Waals surface area contributed by atoms with E-state index >= 15 is 0 Å². The first-order valence-corrected chi connectivity index (χ1v) is 4.75. The number of hydrogen-bond donors (Lipinski definition) is 1. The van der Waals surface area contributed by atoms with E-state index in [9.17, 15) is 0 Å². The Morgan fingerprint density at radius 2 is 2.60 bits per heavy atom. The Bertz CT molecular complexity index is 134. The molecule has 0 aromatic rings. The molecule has 1 unspecified atom stereocenters. The molecule has 10 heavy (non-hydrogen) atoms. The second kappa shape index (κ2) is 3.98. The fraction of sp³-hybridized carbons (Fsp3) is 0.857. The van der Waals surface area contributed by atoms with Crippen molar-refractivity contribution < 1.29 is 0 Å². The lowest BCUT2D eigenvalue weighted by molar-refractivity contribution is 0.736. The molecule has 0 bridgehead atoms. The second-order valence-corrected chi connectivity index (χ2v) is 3.53. The quantitative estimate of drug-likeness (QED) is 0.671. The van der Waals surface area contributed by atoms with Gasteiger partial charge in [0.25, 0.3) is 0 Å². The van der Waals surface area contributed by atoms with Crippen molar-refractivity contribution in [2.45, 2.75) is 25.8 Å². The summed E-state index contributed by atoms with van der Waals surface area (Å²) < 4.78 is 0. The van der Waals surface area contributed by atoms with Gasteiger partial charge in [0.15, 0.2) is 0 Å². The molecule has 0 fully saturated rings. The molecule has 0 saturated heterocycles. The monoisotopic (exact) mass is 158 g/mol. The van der Waals surface area contributed by atoms with Crippen molar-refractivity contribution >= 4 is 16.8 Å². The van der Waals surface area contributed by atoms with Gasteiger partial charge < -0.3 is 5.73 Å². The van der Waals surface area contributed by atoms with E-state index in [1.807, 2.05) is 11.8 Å². The summed E-state index contributed by atoms with van der Waals surface area (Å²) in [4.78, 5) is 4.50. The lowest BCUT2D eigenvalue weighted by atomic mass is 10.3. The first-order chi connectivity index (χ1) is 4.86. The Labute approximate surface area is 66.3 Å². The zero-order valence-electron chi connectivity index (χ0n) is 6.34. The first kappa shape index (κ1) is 8.08. The number of aliphatic imine (C=N–C) groups is 1. The Balaban J connectivity index is 2.33. The number of nitrogens with two attached hydrogens (primary N) is 1. The maximum Gasteiger partial charge on any atom is 0.0693 e. The summed E-state index contributed by atoms with van der Waals surface area (Å²) in [5.41, 5.74) is 5.40. The zero-order valence-corrected chi connectivity index (χ0v) is 7.16. The molecule has 0 amide bonds. The van der Waals surface area contributed by atoms with Gasteiger partial charge >= 0.3 is 0 Å². The molecular formula is C7H14N2S. The maximum absolute atomic E-state index is 5.40. The van der Waals surface area contributed by atoms with E-state index in [1.165, 1.54) is 17.2 Å². The van der Waals surface area contributed by atoms with Crippen LogP contribution in [0.15, 0.2) is 4.99 Å². The molecule has 1 aliphatic heterocycles. The van der Waals surface area contributed by atoms with Crippen LogP contribution in [0.5, 0.6) is 0 Å². The van der Waals surface area contributed by atoms with Gasteiger partial charge in [0, 0.05) is 12.2 Å². The highest BCUT2D eigenvalue weighted by Gasteiger charge is 2.14. The fourth-order valence-corrected chi connectivity index (χ4v) is 2.12. The van der Waals surface area contributed by atoms with Crippen LogP contribution in [0, 0.1) is 0 Å². The Hall–Kier alpha value is -0.0200. The minimum atomic E-state index is 0.576. The molecule has 0 aromatic carbocycles. The lowest BCUT2D eigenvalue weighted by Crippen LogP contribution is -2.03. The third-order valence-corrected chi connectivity index (χ3v) is 2.79. The minimum Gasteiger partial charge on any atom is -0.330 e. The smallest absolute Gasteiger partial charge is 0.0693 e. The average molecular weight is 158 g/mol. The van der Waals surface area contributed by atoms with Gasteiger partial charge in [-0.3, -0.25) is 4.99 Å². The van der Waals surface area contributed by atoms with Crippen LogP contribution in [0.2, 0.25) is 0 Å². The van der Waals surface area contributed by atoms with Gasteiger partial charge in [0.05, 0.1) is 11.1 Å². The predicted molar refractivity (Wildman–Crippen MR) is 47.6 cm³/mol. The summed E-state index contributed by atoms with van der Waals surface area (Å²) in [5, 5.41) is 1.26. The molecule has 0 radical (unpaired) electrons. The van der Waals surface area contributed by atoms with Crippen LogP contribution in [0.25, 0.3) is 0 Å². The molecule has 3 heteroatoms. The maximum atomic E-state index is 5.40. The van der Waals surface area contributed by atoms with Crippen LogP contribution in [-0.4, -0.2) is 23.4 Å². The molecule has 58 valence electrons. The van der Waals surface area contributed by atoms with E-state index in [-0.39, 0.29) is 0 Å². The van der Waals surface area contributed by atoms with Crippen molar-refractivity contribution in [3.05, 3.63) is 0 Å². The average Bonchev–Trinajstić information content (AvgIpc) is 2.37. The second-order valence-electron chi connectivity index (χ2n) is 2.43. The first-order valence-electron chi connectivity index (χ1n) is 3.76. The third-order valence-electron chi connectivity index (χ3n) is 1.60. The predicted octanol–water partition coefficient (Wildman–Crippen LogP) is 1.26. The van der Waals surface area contributed by atoms with Crippen molar-refractivity contribution in [2.24, 2.45) is 10.7 Å². The van der Waals surface area contributed by atoms with E-state index in [4.69, 9.17) is 5.73 Å². The van der Waals surface area contributed by atoms with E-state index in [2.05, 4.69) is 11.9 Å². The Morgan fingerprint density at radius 1 is 1.80 bits per heavy atom. The van der Waals surface area contributed by atoms with Crippen molar-refractivity contribution in [1.82, 2.24) is 0 Å². The van der Waals surface area contributed by atoms with Crippen LogP contribution in [0.4, 0.5) is 0 Å². The summed E-state index contributed by atoms with van der Waals surface area (Å²) in [6, 6.07) is 0.576. The highest BCUT2D eigenvalue weighted by atomic mass is 32.2. The number of thioether (sulfide) groups is 1. The summed E-state index contributed by atoms with van der Waals surface area (Å²) in [5.74, 6) is 1.17. The van der Waals surface area contributed by atoms with Crippen molar-refractivity contribution in [1.29, 1.82) is 0 Å². The number of hydrogen-bond acceptors (Lipinski definition) is 3. The normalized spacial score (nSPS) is 25.0. The molecule has 0 aliphatic carbocycles. The minimum absolute atomic E-state index is 0.576. The van der Waals surface area contributed by atoms with Crippen LogP contribution >= 0.6 is 11.8 Å². The van der Waals surface area contributed by atoms with Gasteiger partial charge in [0.2, 0.25) is 0 Å². The van der Waals surface area contributed by atoms with E-state index < -0.39 is 0 Å². The van der Waals surface area contributed by atoms with Gasteiger partial charge in [-0.25, -0.2) is 0 Å². The Morgan fingerprint density at radius 3 is 3.10 bits per heavy atom. The lowest BCUT2D eigenvalue weighted by Gasteiger charge is -1.96. The van der Waals surface area contributed by atoms with Gasteiger partial charge in [-0.15, -0.1) is 11.8 Å². The largest absolute Gasteiger partial charge is 0.330 e. The SMILES string of the molecule is CCC1CSC(CCN)=N1.